The zero-order valence-electron chi connectivity index (χ0n) is 10.8. The topological polar surface area (TPSA) is 114 Å². The van der Waals surface area contributed by atoms with Crippen molar-refractivity contribution in [2.75, 3.05) is 12.8 Å². The fourth-order valence-corrected chi connectivity index (χ4v) is 1.94. The summed E-state index contributed by atoms with van der Waals surface area (Å²) in [6.07, 6.45) is 1.28. The number of hydrogen-bond donors (Lipinski definition) is 2. The van der Waals surface area contributed by atoms with Crippen molar-refractivity contribution >= 4 is 23.4 Å². The van der Waals surface area contributed by atoms with Crippen LogP contribution in [0.25, 0.3) is 0 Å². The van der Waals surface area contributed by atoms with Gasteiger partial charge >= 0.3 is 0 Å². The molecule has 3 amide bonds. The molecule has 1 aromatic rings. The third-order valence-corrected chi connectivity index (χ3v) is 3.04. The molecule has 0 spiro atoms. The molecule has 1 unspecified atom stereocenters. The van der Waals surface area contributed by atoms with Gasteiger partial charge in [-0.05, 0) is 6.07 Å². The summed E-state index contributed by atoms with van der Waals surface area (Å²) in [7, 11) is 1.36. The number of nitrogens with zero attached hydrogens (tertiary/aromatic N) is 2. The molecule has 0 aromatic carbocycles. The number of imide groups is 1. The first kappa shape index (κ1) is 13.8. The normalized spacial score (nSPS) is 18.4. The lowest BCUT2D eigenvalue weighted by molar-refractivity contribution is -0.138. The summed E-state index contributed by atoms with van der Waals surface area (Å²) in [6, 6.07) is 1.82. The van der Waals surface area contributed by atoms with Gasteiger partial charge in [-0.25, -0.2) is 0 Å². The Morgan fingerprint density at radius 1 is 1.40 bits per heavy atom. The Morgan fingerprint density at radius 2 is 2.10 bits per heavy atom. The van der Waals surface area contributed by atoms with E-state index in [4.69, 9.17) is 5.73 Å². The van der Waals surface area contributed by atoms with Crippen LogP contribution in [0.2, 0.25) is 0 Å². The van der Waals surface area contributed by atoms with E-state index in [-0.39, 0.29) is 24.4 Å². The van der Waals surface area contributed by atoms with E-state index in [1.807, 2.05) is 0 Å². The summed E-state index contributed by atoms with van der Waals surface area (Å²) < 4.78 is 1.13. The van der Waals surface area contributed by atoms with E-state index >= 15 is 0 Å². The summed E-state index contributed by atoms with van der Waals surface area (Å²) in [5, 5.41) is 2.43. The van der Waals surface area contributed by atoms with Gasteiger partial charge in [-0.15, -0.1) is 0 Å². The van der Waals surface area contributed by atoms with Gasteiger partial charge < -0.3 is 15.6 Å². The van der Waals surface area contributed by atoms with Crippen molar-refractivity contribution in [3.05, 3.63) is 28.7 Å². The second kappa shape index (κ2) is 5.16. The van der Waals surface area contributed by atoms with Crippen LogP contribution in [0.4, 0.5) is 5.69 Å². The number of carbonyl (C=O) groups excluding carboxylic acids is 3. The number of nitrogens with one attached hydrogen (secondary N) is 1. The van der Waals surface area contributed by atoms with Crippen LogP contribution < -0.4 is 16.6 Å². The molecule has 1 saturated heterocycles. The second-order valence-electron chi connectivity index (χ2n) is 4.54. The van der Waals surface area contributed by atoms with Crippen LogP contribution in [0.15, 0.2) is 23.1 Å². The van der Waals surface area contributed by atoms with Gasteiger partial charge in [-0.1, -0.05) is 0 Å². The Bertz CT molecular complexity index is 637. The molecule has 0 radical (unpaired) electrons. The van der Waals surface area contributed by atoms with Crippen molar-refractivity contribution in [1.29, 1.82) is 0 Å². The Kier molecular flexibility index (Phi) is 3.55. The molecule has 2 rings (SSSR count). The molecule has 1 atom stereocenters. The minimum Gasteiger partial charge on any atom is -0.398 e. The van der Waals surface area contributed by atoms with Gasteiger partial charge in [0.25, 0.3) is 11.5 Å². The standard InChI is InChI=1S/C12H14N4O4/c1-15-11(19)4-8(12(15)20)14-9(17)6-16-5-7(13)2-3-10(16)18/h2-3,5,8H,4,6,13H2,1H3,(H,14,17). The molecule has 8 nitrogen and oxygen atoms in total. The third kappa shape index (κ3) is 2.68. The number of likely N-dealkylation sites (tertiary alicyclic amines) is 1. The molecule has 0 aliphatic carbocycles. The minimum absolute atomic E-state index is 0.0626. The number of amides is 3. The number of anilines is 1. The maximum Gasteiger partial charge on any atom is 0.252 e. The molecule has 0 saturated carbocycles. The van der Waals surface area contributed by atoms with Crippen molar-refractivity contribution in [2.24, 2.45) is 0 Å². The molecular formula is C12H14N4O4. The molecule has 0 bridgehead atoms. The summed E-state index contributed by atoms with van der Waals surface area (Å²) >= 11 is 0. The molecule has 3 N–H and O–H groups in total. The number of nitrogens with two attached hydrogens (primary N) is 1. The van der Waals surface area contributed by atoms with E-state index in [2.05, 4.69) is 5.32 Å². The summed E-state index contributed by atoms with van der Waals surface area (Å²) in [6.45, 7) is -0.258. The van der Waals surface area contributed by atoms with E-state index in [1.165, 1.54) is 25.4 Å². The summed E-state index contributed by atoms with van der Waals surface area (Å²) in [5.41, 5.74) is 5.50. The van der Waals surface area contributed by atoms with Crippen LogP contribution in [0.3, 0.4) is 0 Å². The number of hydrogen-bond acceptors (Lipinski definition) is 5. The SMILES string of the molecule is CN1C(=O)CC(NC(=O)Cn2cc(N)ccc2=O)C1=O. The van der Waals surface area contributed by atoms with Crippen molar-refractivity contribution in [3.8, 4) is 0 Å². The summed E-state index contributed by atoms with van der Waals surface area (Å²) in [4.78, 5) is 47.2. The van der Waals surface area contributed by atoms with Crippen LogP contribution in [0.1, 0.15) is 6.42 Å². The van der Waals surface area contributed by atoms with Gasteiger partial charge in [0.05, 0.1) is 6.42 Å². The molecule has 1 fully saturated rings. The zero-order valence-corrected chi connectivity index (χ0v) is 10.8. The lowest BCUT2D eigenvalue weighted by Gasteiger charge is -2.12. The quantitative estimate of drug-likeness (QED) is 0.640. The van der Waals surface area contributed by atoms with Gasteiger partial charge in [-0.3, -0.25) is 24.1 Å². The fourth-order valence-electron chi connectivity index (χ4n) is 1.94. The highest BCUT2D eigenvalue weighted by Crippen LogP contribution is 2.10. The number of rotatable bonds is 3. The molecule has 106 valence electrons. The Morgan fingerprint density at radius 3 is 2.70 bits per heavy atom. The maximum atomic E-state index is 11.8. The molecule has 1 aromatic heterocycles. The number of pyridine rings is 1. The largest absolute Gasteiger partial charge is 0.398 e. The number of likely N-dealkylation sites (N-methyl/N-ethyl adjacent to an activating group) is 1. The van der Waals surface area contributed by atoms with Crippen LogP contribution in [-0.4, -0.2) is 40.3 Å². The maximum absolute atomic E-state index is 11.8. The average molecular weight is 278 g/mol. The number of carbonyl (C=O) groups is 3. The monoisotopic (exact) mass is 278 g/mol. The Balaban J connectivity index is 2.03. The van der Waals surface area contributed by atoms with E-state index in [0.29, 0.717) is 5.69 Å². The molecule has 8 heteroatoms. The minimum atomic E-state index is -0.864. The number of nitrogen functional groups attached to an aromatic ring is 1. The highest BCUT2D eigenvalue weighted by Gasteiger charge is 2.36. The van der Waals surface area contributed by atoms with E-state index in [1.54, 1.807) is 0 Å². The van der Waals surface area contributed by atoms with E-state index in [9.17, 15) is 19.2 Å². The predicted octanol–water partition coefficient (Wildman–Crippen LogP) is -1.70. The van der Waals surface area contributed by atoms with Crippen LogP contribution in [-0.2, 0) is 20.9 Å². The highest BCUT2D eigenvalue weighted by atomic mass is 16.2. The lowest BCUT2D eigenvalue weighted by Crippen LogP contribution is -2.43. The van der Waals surface area contributed by atoms with Gasteiger partial charge in [-0.2, -0.15) is 0 Å². The fraction of sp³-hybridized carbons (Fsp3) is 0.333. The Hall–Kier alpha value is -2.64. The van der Waals surface area contributed by atoms with Crippen molar-refractivity contribution in [3.63, 3.8) is 0 Å². The Labute approximate surface area is 114 Å². The second-order valence-corrected chi connectivity index (χ2v) is 4.54. The smallest absolute Gasteiger partial charge is 0.252 e. The van der Waals surface area contributed by atoms with Crippen molar-refractivity contribution < 1.29 is 14.4 Å². The third-order valence-electron chi connectivity index (χ3n) is 3.04. The predicted molar refractivity (Wildman–Crippen MR) is 69.4 cm³/mol. The first-order chi connectivity index (χ1) is 9.38. The van der Waals surface area contributed by atoms with Gasteiger partial charge in [0.15, 0.2) is 0 Å². The van der Waals surface area contributed by atoms with Gasteiger partial charge in [0, 0.05) is 25.0 Å². The van der Waals surface area contributed by atoms with Crippen molar-refractivity contribution in [1.82, 2.24) is 14.8 Å². The molecule has 1 aliphatic heterocycles. The van der Waals surface area contributed by atoms with Crippen molar-refractivity contribution in [2.45, 2.75) is 19.0 Å². The highest BCUT2D eigenvalue weighted by molar-refractivity contribution is 6.06. The van der Waals surface area contributed by atoms with Crippen LogP contribution in [0.5, 0.6) is 0 Å². The average Bonchev–Trinajstić information content (AvgIpc) is 2.61. The van der Waals surface area contributed by atoms with E-state index < -0.39 is 17.9 Å². The summed E-state index contributed by atoms with van der Waals surface area (Å²) in [5.74, 6) is -1.33. The van der Waals surface area contributed by atoms with Crippen LogP contribution in [0, 0.1) is 0 Å². The number of aromatic nitrogens is 1. The van der Waals surface area contributed by atoms with Crippen LogP contribution >= 0.6 is 0 Å². The lowest BCUT2D eigenvalue weighted by atomic mass is 10.2. The zero-order chi connectivity index (χ0) is 14.9. The van der Waals surface area contributed by atoms with Gasteiger partial charge in [0.2, 0.25) is 11.8 Å². The first-order valence-electron chi connectivity index (χ1n) is 5.94. The molecule has 1 aliphatic rings. The molecule has 2 heterocycles. The molecule has 20 heavy (non-hydrogen) atoms. The first-order valence-corrected chi connectivity index (χ1v) is 5.94. The van der Waals surface area contributed by atoms with E-state index in [0.717, 1.165) is 9.47 Å². The molecular weight excluding hydrogens is 264 g/mol. The van der Waals surface area contributed by atoms with Gasteiger partial charge in [0.1, 0.15) is 12.6 Å².